The quantitative estimate of drug-likeness (QED) is 0.617. The predicted octanol–water partition coefficient (Wildman–Crippen LogP) is 0.145. The molecule has 0 bridgehead atoms. The van der Waals surface area contributed by atoms with Gasteiger partial charge in [-0.15, -0.1) is 0 Å². The lowest BCUT2D eigenvalue weighted by atomic mass is 10.2. The maximum atomic E-state index is 9.45. The van der Waals surface area contributed by atoms with Gasteiger partial charge in [-0.3, -0.25) is 0 Å². The SMILES string of the molecule is COC1COC(C)(C)OCC1O. The Bertz CT molecular complexity index is 146. The zero-order valence-corrected chi connectivity index (χ0v) is 7.74. The molecular weight excluding hydrogens is 160 g/mol. The second-order valence-electron chi connectivity index (χ2n) is 3.36. The lowest BCUT2D eigenvalue weighted by Crippen LogP contribution is -2.33. The molecule has 1 heterocycles. The van der Waals surface area contributed by atoms with Crippen molar-refractivity contribution in [2.24, 2.45) is 0 Å². The summed E-state index contributed by atoms with van der Waals surface area (Å²) >= 11 is 0. The van der Waals surface area contributed by atoms with E-state index in [-0.39, 0.29) is 12.7 Å². The van der Waals surface area contributed by atoms with Crippen LogP contribution in [0.1, 0.15) is 13.8 Å². The zero-order chi connectivity index (χ0) is 9.19. The molecule has 0 aromatic rings. The van der Waals surface area contributed by atoms with Crippen molar-refractivity contribution >= 4 is 0 Å². The minimum Gasteiger partial charge on any atom is -0.388 e. The molecule has 1 aliphatic rings. The van der Waals surface area contributed by atoms with Gasteiger partial charge < -0.3 is 19.3 Å². The summed E-state index contributed by atoms with van der Waals surface area (Å²) in [5.41, 5.74) is 0. The van der Waals surface area contributed by atoms with Crippen LogP contribution in [-0.2, 0) is 14.2 Å². The third-order valence-electron chi connectivity index (χ3n) is 1.93. The van der Waals surface area contributed by atoms with Crippen LogP contribution in [0.5, 0.6) is 0 Å². The van der Waals surface area contributed by atoms with Gasteiger partial charge in [0.15, 0.2) is 5.79 Å². The van der Waals surface area contributed by atoms with Crippen molar-refractivity contribution in [1.29, 1.82) is 0 Å². The average molecular weight is 176 g/mol. The van der Waals surface area contributed by atoms with E-state index in [4.69, 9.17) is 14.2 Å². The first kappa shape index (κ1) is 9.92. The fraction of sp³-hybridized carbons (Fsp3) is 1.00. The molecule has 1 N–H and O–H groups in total. The second kappa shape index (κ2) is 3.70. The molecule has 0 radical (unpaired) electrons. The average Bonchev–Trinajstić information content (AvgIpc) is 2.13. The molecule has 4 nitrogen and oxygen atoms in total. The highest BCUT2D eigenvalue weighted by Gasteiger charge is 2.30. The van der Waals surface area contributed by atoms with Crippen molar-refractivity contribution < 1.29 is 19.3 Å². The Morgan fingerprint density at radius 1 is 1.33 bits per heavy atom. The normalized spacial score (nSPS) is 36.0. The smallest absolute Gasteiger partial charge is 0.163 e. The Morgan fingerprint density at radius 2 is 1.92 bits per heavy atom. The van der Waals surface area contributed by atoms with E-state index in [1.807, 2.05) is 13.8 Å². The summed E-state index contributed by atoms with van der Waals surface area (Å²) < 4.78 is 15.7. The Kier molecular flexibility index (Phi) is 3.06. The number of aliphatic hydroxyl groups excluding tert-OH is 1. The molecular formula is C8H16O4. The van der Waals surface area contributed by atoms with Gasteiger partial charge in [-0.1, -0.05) is 0 Å². The van der Waals surface area contributed by atoms with Crippen molar-refractivity contribution in [3.8, 4) is 0 Å². The zero-order valence-electron chi connectivity index (χ0n) is 7.74. The Labute approximate surface area is 72.4 Å². The highest BCUT2D eigenvalue weighted by Crippen LogP contribution is 2.18. The molecule has 0 aromatic carbocycles. The van der Waals surface area contributed by atoms with Gasteiger partial charge in [-0.25, -0.2) is 0 Å². The third-order valence-corrected chi connectivity index (χ3v) is 1.93. The third kappa shape index (κ3) is 2.42. The van der Waals surface area contributed by atoms with Crippen molar-refractivity contribution in [3.05, 3.63) is 0 Å². The first-order valence-corrected chi connectivity index (χ1v) is 4.04. The molecule has 0 spiro atoms. The maximum Gasteiger partial charge on any atom is 0.163 e. The Morgan fingerprint density at radius 3 is 2.50 bits per heavy atom. The predicted molar refractivity (Wildman–Crippen MR) is 42.8 cm³/mol. The first-order valence-electron chi connectivity index (χ1n) is 4.04. The fourth-order valence-electron chi connectivity index (χ4n) is 1.05. The van der Waals surface area contributed by atoms with Gasteiger partial charge in [0.05, 0.1) is 13.2 Å². The molecule has 1 rings (SSSR count). The summed E-state index contributed by atoms with van der Waals surface area (Å²) in [4.78, 5) is 0. The van der Waals surface area contributed by atoms with Crippen molar-refractivity contribution in [3.63, 3.8) is 0 Å². The lowest BCUT2D eigenvalue weighted by molar-refractivity contribution is -0.205. The van der Waals surface area contributed by atoms with E-state index in [0.717, 1.165) is 0 Å². The summed E-state index contributed by atoms with van der Waals surface area (Å²) in [7, 11) is 1.55. The van der Waals surface area contributed by atoms with Crippen LogP contribution in [0.4, 0.5) is 0 Å². The van der Waals surface area contributed by atoms with Crippen LogP contribution in [-0.4, -0.2) is 43.4 Å². The van der Waals surface area contributed by atoms with Gasteiger partial charge in [0.1, 0.15) is 12.2 Å². The molecule has 0 aromatic heterocycles. The van der Waals surface area contributed by atoms with Crippen molar-refractivity contribution in [2.75, 3.05) is 20.3 Å². The van der Waals surface area contributed by atoms with E-state index in [1.165, 1.54) is 0 Å². The lowest BCUT2D eigenvalue weighted by Gasteiger charge is -2.22. The Balaban J connectivity index is 2.53. The maximum absolute atomic E-state index is 9.45. The molecule has 2 atom stereocenters. The number of hydrogen-bond donors (Lipinski definition) is 1. The van der Waals surface area contributed by atoms with Crippen LogP contribution >= 0.6 is 0 Å². The molecule has 12 heavy (non-hydrogen) atoms. The van der Waals surface area contributed by atoms with E-state index >= 15 is 0 Å². The van der Waals surface area contributed by atoms with E-state index < -0.39 is 11.9 Å². The minimum atomic E-state index is -0.617. The van der Waals surface area contributed by atoms with Crippen LogP contribution < -0.4 is 0 Å². The summed E-state index contributed by atoms with van der Waals surface area (Å²) in [6, 6.07) is 0. The molecule has 1 saturated heterocycles. The number of ether oxygens (including phenoxy) is 3. The molecule has 1 aliphatic heterocycles. The number of hydrogen-bond acceptors (Lipinski definition) is 4. The minimum absolute atomic E-state index is 0.255. The summed E-state index contributed by atoms with van der Waals surface area (Å²) in [5, 5.41) is 9.45. The van der Waals surface area contributed by atoms with Crippen molar-refractivity contribution in [1.82, 2.24) is 0 Å². The van der Waals surface area contributed by atoms with E-state index in [0.29, 0.717) is 6.61 Å². The monoisotopic (exact) mass is 176 g/mol. The van der Waals surface area contributed by atoms with Crippen LogP contribution in [0.3, 0.4) is 0 Å². The molecule has 1 fully saturated rings. The van der Waals surface area contributed by atoms with Gasteiger partial charge in [0.2, 0.25) is 0 Å². The van der Waals surface area contributed by atoms with E-state index in [9.17, 15) is 5.11 Å². The van der Waals surface area contributed by atoms with Gasteiger partial charge in [0, 0.05) is 7.11 Å². The van der Waals surface area contributed by atoms with Gasteiger partial charge in [-0.2, -0.15) is 0 Å². The van der Waals surface area contributed by atoms with E-state index in [1.54, 1.807) is 7.11 Å². The summed E-state index contributed by atoms with van der Waals surface area (Å²) in [5.74, 6) is -0.617. The first-order chi connectivity index (χ1) is 5.55. The molecule has 0 saturated carbocycles. The van der Waals surface area contributed by atoms with Gasteiger partial charge in [0.25, 0.3) is 0 Å². The summed E-state index contributed by atoms with van der Waals surface area (Å²) in [6.07, 6.45) is -0.886. The second-order valence-corrected chi connectivity index (χ2v) is 3.36. The Hall–Kier alpha value is -0.160. The van der Waals surface area contributed by atoms with Crippen molar-refractivity contribution in [2.45, 2.75) is 31.8 Å². The fourth-order valence-corrected chi connectivity index (χ4v) is 1.05. The number of methoxy groups -OCH3 is 1. The molecule has 2 unspecified atom stereocenters. The largest absolute Gasteiger partial charge is 0.388 e. The number of rotatable bonds is 1. The van der Waals surface area contributed by atoms with E-state index in [2.05, 4.69) is 0 Å². The van der Waals surface area contributed by atoms with Crippen LogP contribution in [0.25, 0.3) is 0 Å². The van der Waals surface area contributed by atoms with Crippen LogP contribution in [0.2, 0.25) is 0 Å². The molecule has 0 aliphatic carbocycles. The highest BCUT2D eigenvalue weighted by atomic mass is 16.7. The van der Waals surface area contributed by atoms with Gasteiger partial charge >= 0.3 is 0 Å². The number of aliphatic hydroxyl groups is 1. The topological polar surface area (TPSA) is 47.9 Å². The molecule has 4 heteroatoms. The molecule has 72 valence electrons. The van der Waals surface area contributed by atoms with Gasteiger partial charge in [-0.05, 0) is 13.8 Å². The summed E-state index contributed by atoms with van der Waals surface area (Å²) in [6.45, 7) is 4.26. The standard InChI is InChI=1S/C8H16O4/c1-8(2)11-4-6(9)7(10-3)5-12-8/h6-7,9H,4-5H2,1-3H3. The molecule has 0 amide bonds. The van der Waals surface area contributed by atoms with Crippen LogP contribution in [0, 0.1) is 0 Å². The highest BCUT2D eigenvalue weighted by molar-refractivity contribution is 4.73. The van der Waals surface area contributed by atoms with Crippen LogP contribution in [0.15, 0.2) is 0 Å².